The van der Waals surface area contributed by atoms with E-state index < -0.39 is 0 Å². The van der Waals surface area contributed by atoms with E-state index in [9.17, 15) is 4.79 Å². The van der Waals surface area contributed by atoms with Crippen LogP contribution >= 0.6 is 11.3 Å². The molecule has 2 aromatic rings. The maximum absolute atomic E-state index is 12.8. The highest BCUT2D eigenvalue weighted by molar-refractivity contribution is 7.20. The van der Waals surface area contributed by atoms with Crippen LogP contribution in [0.2, 0.25) is 0 Å². The lowest BCUT2D eigenvalue weighted by atomic mass is 10.0. The second-order valence-electron chi connectivity index (χ2n) is 6.33. The predicted molar refractivity (Wildman–Crippen MR) is 97.1 cm³/mol. The number of aromatic nitrogens is 2. The summed E-state index contributed by atoms with van der Waals surface area (Å²) in [4.78, 5) is 23.1. The average molecular weight is 364 g/mol. The number of fused-ring (bicyclic) bond motifs is 1. The third kappa shape index (κ3) is 3.47. The van der Waals surface area contributed by atoms with Crippen molar-refractivity contribution in [1.29, 1.82) is 0 Å². The van der Waals surface area contributed by atoms with Crippen LogP contribution in [0.4, 0.5) is 0 Å². The standard InChI is InChI=1S/C17H24N4O3S/c1-9-13-16(24-3)20-12(8-23-2)21-17(13)25-14(9)15(22)19-11-6-4-5-10(11)7-18/h10-11H,4-8,18H2,1-3H3,(H,19,22). The Labute approximate surface area is 150 Å². The number of methoxy groups -OCH3 is 2. The van der Waals surface area contributed by atoms with Gasteiger partial charge in [0.05, 0.1) is 17.4 Å². The molecule has 3 N–H and O–H groups in total. The highest BCUT2D eigenvalue weighted by Crippen LogP contribution is 2.35. The smallest absolute Gasteiger partial charge is 0.261 e. The topological polar surface area (TPSA) is 99.4 Å². The van der Waals surface area contributed by atoms with E-state index in [1.165, 1.54) is 11.3 Å². The summed E-state index contributed by atoms with van der Waals surface area (Å²) in [7, 11) is 3.16. The van der Waals surface area contributed by atoms with E-state index in [1.54, 1.807) is 14.2 Å². The Kier molecular flexibility index (Phi) is 5.51. The van der Waals surface area contributed by atoms with Crippen molar-refractivity contribution in [2.45, 2.75) is 38.8 Å². The van der Waals surface area contributed by atoms with Gasteiger partial charge in [0.2, 0.25) is 5.88 Å². The molecular formula is C17H24N4O3S. The SMILES string of the molecule is COCc1nc(OC)c2c(C)c(C(=O)NC3CCCC3CN)sc2n1. The number of amides is 1. The van der Waals surface area contributed by atoms with E-state index in [0.29, 0.717) is 35.7 Å². The average Bonchev–Trinajstić information content (AvgIpc) is 3.18. The highest BCUT2D eigenvalue weighted by atomic mass is 32.1. The highest BCUT2D eigenvalue weighted by Gasteiger charge is 2.29. The van der Waals surface area contributed by atoms with Gasteiger partial charge in [-0.25, -0.2) is 4.98 Å². The van der Waals surface area contributed by atoms with Crippen LogP contribution < -0.4 is 15.8 Å². The summed E-state index contributed by atoms with van der Waals surface area (Å²) in [5.41, 5.74) is 6.67. The Balaban J connectivity index is 1.93. The number of thiophene rings is 1. The number of rotatable bonds is 6. The molecule has 0 radical (unpaired) electrons. The number of nitrogens with two attached hydrogens (primary N) is 1. The number of aryl methyl sites for hydroxylation is 1. The lowest BCUT2D eigenvalue weighted by molar-refractivity contribution is 0.0932. The minimum Gasteiger partial charge on any atom is -0.480 e. The number of hydrogen-bond donors (Lipinski definition) is 2. The van der Waals surface area contributed by atoms with Crippen LogP contribution in [-0.2, 0) is 11.3 Å². The number of hydrogen-bond acceptors (Lipinski definition) is 7. The van der Waals surface area contributed by atoms with Crippen molar-refractivity contribution in [3.63, 3.8) is 0 Å². The zero-order valence-corrected chi connectivity index (χ0v) is 15.6. The number of nitrogens with zero attached hydrogens (tertiary/aromatic N) is 2. The van der Waals surface area contributed by atoms with Crippen LogP contribution in [0.15, 0.2) is 0 Å². The monoisotopic (exact) mass is 364 g/mol. The molecule has 1 aliphatic carbocycles. The van der Waals surface area contributed by atoms with Gasteiger partial charge in [-0.15, -0.1) is 11.3 Å². The van der Waals surface area contributed by atoms with Crippen molar-refractivity contribution < 1.29 is 14.3 Å². The Morgan fingerprint density at radius 3 is 2.84 bits per heavy atom. The number of carbonyl (C=O) groups excluding carboxylic acids is 1. The molecule has 7 nitrogen and oxygen atoms in total. The van der Waals surface area contributed by atoms with Crippen molar-refractivity contribution in [1.82, 2.24) is 15.3 Å². The van der Waals surface area contributed by atoms with E-state index in [0.717, 1.165) is 35.0 Å². The molecule has 0 aliphatic heterocycles. The quantitative estimate of drug-likeness (QED) is 0.813. The van der Waals surface area contributed by atoms with Gasteiger partial charge in [-0.1, -0.05) is 6.42 Å². The molecule has 1 amide bonds. The van der Waals surface area contributed by atoms with Gasteiger partial charge in [0, 0.05) is 13.2 Å². The molecule has 0 bridgehead atoms. The molecule has 2 atom stereocenters. The van der Waals surface area contributed by atoms with Crippen molar-refractivity contribution in [3.05, 3.63) is 16.3 Å². The minimum atomic E-state index is -0.0683. The number of nitrogens with one attached hydrogen (secondary N) is 1. The summed E-state index contributed by atoms with van der Waals surface area (Å²) in [5, 5.41) is 3.94. The van der Waals surface area contributed by atoms with Gasteiger partial charge in [0.15, 0.2) is 5.82 Å². The van der Waals surface area contributed by atoms with Crippen molar-refractivity contribution in [3.8, 4) is 5.88 Å². The first-order valence-corrected chi connectivity index (χ1v) is 9.24. The molecule has 0 spiro atoms. The van der Waals surface area contributed by atoms with Crippen LogP contribution in [0, 0.1) is 12.8 Å². The molecule has 2 heterocycles. The first-order valence-electron chi connectivity index (χ1n) is 8.42. The van der Waals surface area contributed by atoms with E-state index in [-0.39, 0.29) is 11.9 Å². The zero-order valence-electron chi connectivity index (χ0n) is 14.8. The summed E-state index contributed by atoms with van der Waals surface area (Å²) < 4.78 is 10.5. The lowest BCUT2D eigenvalue weighted by Crippen LogP contribution is -2.39. The Bertz CT molecular complexity index is 777. The van der Waals surface area contributed by atoms with Crippen LogP contribution in [0.3, 0.4) is 0 Å². The molecule has 3 rings (SSSR count). The van der Waals surface area contributed by atoms with Gasteiger partial charge in [0.1, 0.15) is 11.4 Å². The summed E-state index contributed by atoms with van der Waals surface area (Å²) in [5.74, 6) is 1.31. The van der Waals surface area contributed by atoms with Crippen LogP contribution in [0.1, 0.15) is 40.3 Å². The fourth-order valence-electron chi connectivity index (χ4n) is 3.45. The molecule has 2 aromatic heterocycles. The summed E-state index contributed by atoms with van der Waals surface area (Å²) in [6, 6.07) is 0.152. The van der Waals surface area contributed by atoms with E-state index in [2.05, 4.69) is 15.3 Å². The Morgan fingerprint density at radius 2 is 2.16 bits per heavy atom. The Hall–Kier alpha value is -1.77. The molecule has 1 fully saturated rings. The van der Waals surface area contributed by atoms with E-state index >= 15 is 0 Å². The van der Waals surface area contributed by atoms with Gasteiger partial charge in [-0.2, -0.15) is 4.98 Å². The molecule has 0 aromatic carbocycles. The molecule has 2 unspecified atom stereocenters. The fourth-order valence-corrected chi connectivity index (χ4v) is 4.54. The molecule has 0 saturated heterocycles. The van der Waals surface area contributed by atoms with Gasteiger partial charge >= 0.3 is 0 Å². The van der Waals surface area contributed by atoms with Gasteiger partial charge in [-0.3, -0.25) is 4.79 Å². The van der Waals surface area contributed by atoms with Gasteiger partial charge in [0.25, 0.3) is 5.91 Å². The molecule has 136 valence electrons. The minimum absolute atomic E-state index is 0.0683. The maximum Gasteiger partial charge on any atom is 0.261 e. The Morgan fingerprint density at radius 1 is 1.36 bits per heavy atom. The first-order chi connectivity index (χ1) is 12.1. The molecule has 1 saturated carbocycles. The summed E-state index contributed by atoms with van der Waals surface area (Å²) in [6.45, 7) is 2.81. The lowest BCUT2D eigenvalue weighted by Gasteiger charge is -2.19. The zero-order chi connectivity index (χ0) is 18.0. The molecule has 1 aliphatic rings. The summed E-state index contributed by atoms with van der Waals surface area (Å²) >= 11 is 1.36. The second kappa shape index (κ2) is 7.63. The fraction of sp³-hybridized carbons (Fsp3) is 0.588. The third-order valence-corrected chi connectivity index (χ3v) is 5.94. The van der Waals surface area contributed by atoms with Gasteiger partial charge < -0.3 is 20.5 Å². The maximum atomic E-state index is 12.8. The van der Waals surface area contributed by atoms with E-state index in [4.69, 9.17) is 15.2 Å². The normalized spacial score (nSPS) is 20.2. The predicted octanol–water partition coefficient (Wildman–Crippen LogP) is 2.01. The van der Waals surface area contributed by atoms with Gasteiger partial charge in [-0.05, 0) is 37.8 Å². The largest absolute Gasteiger partial charge is 0.480 e. The first kappa shape index (κ1) is 18.0. The number of ether oxygens (including phenoxy) is 2. The third-order valence-electron chi connectivity index (χ3n) is 4.75. The molecule has 25 heavy (non-hydrogen) atoms. The van der Waals surface area contributed by atoms with E-state index in [1.807, 2.05) is 6.92 Å². The molecule has 8 heteroatoms. The molecular weight excluding hydrogens is 340 g/mol. The van der Waals surface area contributed by atoms with Crippen molar-refractivity contribution in [2.75, 3.05) is 20.8 Å². The number of carbonyl (C=O) groups is 1. The van der Waals surface area contributed by atoms with Crippen molar-refractivity contribution >= 4 is 27.5 Å². The van der Waals surface area contributed by atoms with Crippen LogP contribution in [-0.4, -0.2) is 42.7 Å². The van der Waals surface area contributed by atoms with Crippen LogP contribution in [0.5, 0.6) is 5.88 Å². The van der Waals surface area contributed by atoms with Crippen LogP contribution in [0.25, 0.3) is 10.2 Å². The summed E-state index contributed by atoms with van der Waals surface area (Å²) in [6.07, 6.45) is 3.17. The second-order valence-corrected chi connectivity index (χ2v) is 7.32. The van der Waals surface area contributed by atoms with Crippen molar-refractivity contribution in [2.24, 2.45) is 11.7 Å².